The predicted octanol–water partition coefficient (Wildman–Crippen LogP) is 4.92. The highest BCUT2D eigenvalue weighted by atomic mass is 35.5. The summed E-state index contributed by atoms with van der Waals surface area (Å²) in [7, 11) is 0. The van der Waals surface area contributed by atoms with E-state index in [4.69, 9.17) is 11.6 Å². The molecule has 0 bridgehead atoms. The SMILES string of the molecule is CC(NC(=O)/C(C#N)=C\Nc1cccc(Cl)c1)c1ccc2c(c1)CCCC2. The van der Waals surface area contributed by atoms with Crippen LogP contribution in [-0.2, 0) is 17.6 Å². The standard InChI is InChI=1S/C22H22ClN3O/c1-15(17-10-9-16-5-2-3-6-18(16)11-17)26-22(27)19(13-24)14-25-21-8-4-7-20(23)12-21/h4,7-12,14-15,25H,2-3,5-6H2,1H3,(H,26,27)/b19-14-. The largest absolute Gasteiger partial charge is 0.360 e. The molecule has 0 saturated heterocycles. The summed E-state index contributed by atoms with van der Waals surface area (Å²) in [5, 5.41) is 15.8. The smallest absolute Gasteiger partial charge is 0.263 e. The van der Waals surface area contributed by atoms with Gasteiger partial charge in [-0.25, -0.2) is 0 Å². The Balaban J connectivity index is 1.67. The number of benzene rings is 2. The van der Waals surface area contributed by atoms with Crippen LogP contribution in [0.25, 0.3) is 0 Å². The van der Waals surface area contributed by atoms with Crippen molar-refractivity contribution in [2.45, 2.75) is 38.6 Å². The number of rotatable bonds is 5. The van der Waals surface area contributed by atoms with E-state index in [9.17, 15) is 10.1 Å². The van der Waals surface area contributed by atoms with Crippen molar-refractivity contribution in [3.63, 3.8) is 0 Å². The summed E-state index contributed by atoms with van der Waals surface area (Å²) in [5.41, 5.74) is 4.57. The number of aryl methyl sites for hydroxylation is 2. The molecular formula is C22H22ClN3O. The molecule has 0 spiro atoms. The van der Waals surface area contributed by atoms with Gasteiger partial charge in [0.2, 0.25) is 0 Å². The number of halogens is 1. The molecular weight excluding hydrogens is 358 g/mol. The second-order valence-corrected chi connectivity index (χ2v) is 7.19. The highest BCUT2D eigenvalue weighted by molar-refractivity contribution is 6.30. The van der Waals surface area contributed by atoms with Crippen molar-refractivity contribution in [1.29, 1.82) is 5.26 Å². The molecule has 2 N–H and O–H groups in total. The van der Waals surface area contributed by atoms with E-state index < -0.39 is 5.91 Å². The molecule has 1 aliphatic carbocycles. The summed E-state index contributed by atoms with van der Waals surface area (Å²) in [6.07, 6.45) is 6.09. The molecule has 4 nitrogen and oxygen atoms in total. The number of anilines is 1. The first kappa shape index (κ1) is 19.0. The van der Waals surface area contributed by atoms with Crippen LogP contribution < -0.4 is 10.6 Å². The van der Waals surface area contributed by atoms with E-state index >= 15 is 0 Å². The van der Waals surface area contributed by atoms with Gasteiger partial charge in [-0.05, 0) is 67.5 Å². The van der Waals surface area contributed by atoms with Crippen LogP contribution in [0, 0.1) is 11.3 Å². The third-order valence-electron chi connectivity index (χ3n) is 4.79. The number of hydrogen-bond donors (Lipinski definition) is 2. The second kappa shape index (κ2) is 8.75. The van der Waals surface area contributed by atoms with Gasteiger partial charge in [0, 0.05) is 16.9 Å². The van der Waals surface area contributed by atoms with E-state index in [1.807, 2.05) is 19.1 Å². The summed E-state index contributed by atoms with van der Waals surface area (Å²) in [6.45, 7) is 1.93. The lowest BCUT2D eigenvalue weighted by Gasteiger charge is -2.20. The Morgan fingerprint density at radius 1 is 1.19 bits per heavy atom. The number of nitrogens with zero attached hydrogens (tertiary/aromatic N) is 1. The van der Waals surface area contributed by atoms with Gasteiger partial charge in [0.25, 0.3) is 5.91 Å². The van der Waals surface area contributed by atoms with Crippen LogP contribution >= 0.6 is 11.6 Å². The number of fused-ring (bicyclic) bond motifs is 1. The molecule has 0 aliphatic heterocycles. The number of carbonyl (C=O) groups excluding carboxylic acids is 1. The summed E-state index contributed by atoms with van der Waals surface area (Å²) >= 11 is 5.94. The normalized spacial score (nSPS) is 14.6. The molecule has 138 valence electrons. The summed E-state index contributed by atoms with van der Waals surface area (Å²) in [5.74, 6) is -0.405. The summed E-state index contributed by atoms with van der Waals surface area (Å²) in [4.78, 5) is 12.5. The molecule has 2 aromatic carbocycles. The molecule has 0 radical (unpaired) electrons. The van der Waals surface area contributed by atoms with Crippen molar-refractivity contribution in [1.82, 2.24) is 5.32 Å². The maximum Gasteiger partial charge on any atom is 0.263 e. The molecule has 2 aromatic rings. The molecule has 0 heterocycles. The van der Waals surface area contributed by atoms with Crippen molar-refractivity contribution in [3.05, 3.63) is 76.0 Å². The van der Waals surface area contributed by atoms with Crippen LogP contribution in [0.5, 0.6) is 0 Å². The Morgan fingerprint density at radius 2 is 1.96 bits per heavy atom. The van der Waals surface area contributed by atoms with Gasteiger partial charge in [0.05, 0.1) is 6.04 Å². The van der Waals surface area contributed by atoms with Crippen molar-refractivity contribution in [3.8, 4) is 6.07 Å². The first-order valence-electron chi connectivity index (χ1n) is 9.12. The minimum absolute atomic E-state index is 0.0137. The number of nitriles is 1. The molecule has 0 aromatic heterocycles. The maximum absolute atomic E-state index is 12.5. The fourth-order valence-corrected chi connectivity index (χ4v) is 3.45. The van der Waals surface area contributed by atoms with Gasteiger partial charge in [-0.3, -0.25) is 4.79 Å². The van der Waals surface area contributed by atoms with Gasteiger partial charge < -0.3 is 10.6 Å². The van der Waals surface area contributed by atoms with Crippen LogP contribution in [0.4, 0.5) is 5.69 Å². The lowest BCUT2D eigenvalue weighted by atomic mass is 9.89. The highest BCUT2D eigenvalue weighted by Crippen LogP contribution is 2.25. The first-order chi connectivity index (χ1) is 13.1. The summed E-state index contributed by atoms with van der Waals surface area (Å²) in [6, 6.07) is 15.3. The van der Waals surface area contributed by atoms with Crippen LogP contribution in [0.3, 0.4) is 0 Å². The monoisotopic (exact) mass is 379 g/mol. The van der Waals surface area contributed by atoms with Gasteiger partial charge in [-0.1, -0.05) is 35.9 Å². The lowest BCUT2D eigenvalue weighted by Crippen LogP contribution is -2.28. The zero-order valence-electron chi connectivity index (χ0n) is 15.3. The Hall–Kier alpha value is -2.77. The van der Waals surface area contributed by atoms with E-state index in [1.165, 1.54) is 30.2 Å². The third-order valence-corrected chi connectivity index (χ3v) is 5.03. The van der Waals surface area contributed by atoms with Crippen molar-refractivity contribution in [2.24, 2.45) is 0 Å². The van der Waals surface area contributed by atoms with Crippen molar-refractivity contribution in [2.75, 3.05) is 5.32 Å². The quantitative estimate of drug-likeness (QED) is 0.572. The average molecular weight is 380 g/mol. The Labute approximate surface area is 164 Å². The van der Waals surface area contributed by atoms with Crippen LogP contribution in [0.2, 0.25) is 5.02 Å². The first-order valence-corrected chi connectivity index (χ1v) is 9.49. The highest BCUT2D eigenvalue weighted by Gasteiger charge is 2.16. The van der Waals surface area contributed by atoms with E-state index in [0.29, 0.717) is 10.7 Å². The minimum atomic E-state index is -0.405. The molecule has 1 atom stereocenters. The number of hydrogen-bond acceptors (Lipinski definition) is 3. The third kappa shape index (κ3) is 4.90. The number of nitrogens with one attached hydrogen (secondary N) is 2. The molecule has 1 unspecified atom stereocenters. The molecule has 1 amide bonds. The second-order valence-electron chi connectivity index (χ2n) is 6.75. The van der Waals surface area contributed by atoms with Gasteiger partial charge in [-0.2, -0.15) is 5.26 Å². The topological polar surface area (TPSA) is 64.9 Å². The van der Waals surface area contributed by atoms with Gasteiger partial charge in [0.15, 0.2) is 0 Å². The fourth-order valence-electron chi connectivity index (χ4n) is 3.26. The minimum Gasteiger partial charge on any atom is -0.360 e. The Morgan fingerprint density at radius 3 is 2.70 bits per heavy atom. The average Bonchev–Trinajstić information content (AvgIpc) is 2.68. The van der Waals surface area contributed by atoms with E-state index in [0.717, 1.165) is 18.4 Å². The van der Waals surface area contributed by atoms with Gasteiger partial charge in [0.1, 0.15) is 11.6 Å². The van der Waals surface area contributed by atoms with Crippen LogP contribution in [0.15, 0.2) is 54.2 Å². The fraction of sp³-hybridized carbons (Fsp3) is 0.273. The van der Waals surface area contributed by atoms with E-state index in [2.05, 4.69) is 28.8 Å². The van der Waals surface area contributed by atoms with Gasteiger partial charge in [-0.15, -0.1) is 0 Å². The molecule has 3 rings (SSSR count). The molecule has 1 aliphatic rings. The van der Waals surface area contributed by atoms with Crippen LogP contribution in [-0.4, -0.2) is 5.91 Å². The van der Waals surface area contributed by atoms with Crippen molar-refractivity contribution >= 4 is 23.2 Å². The van der Waals surface area contributed by atoms with E-state index in [-0.39, 0.29) is 11.6 Å². The predicted molar refractivity (Wildman–Crippen MR) is 108 cm³/mol. The zero-order chi connectivity index (χ0) is 19.2. The molecule has 0 fully saturated rings. The number of amides is 1. The van der Waals surface area contributed by atoms with Crippen LogP contribution in [0.1, 0.15) is 42.5 Å². The van der Waals surface area contributed by atoms with Crippen molar-refractivity contribution < 1.29 is 4.79 Å². The zero-order valence-corrected chi connectivity index (χ0v) is 16.0. The number of carbonyl (C=O) groups is 1. The Kier molecular flexibility index (Phi) is 6.16. The van der Waals surface area contributed by atoms with E-state index in [1.54, 1.807) is 18.2 Å². The molecule has 27 heavy (non-hydrogen) atoms. The Bertz CT molecular complexity index is 914. The van der Waals surface area contributed by atoms with Gasteiger partial charge >= 0.3 is 0 Å². The lowest BCUT2D eigenvalue weighted by molar-refractivity contribution is -0.117. The summed E-state index contributed by atoms with van der Waals surface area (Å²) < 4.78 is 0. The maximum atomic E-state index is 12.5. The molecule has 0 saturated carbocycles. The molecule has 5 heteroatoms.